The maximum Gasteiger partial charge on any atom is 0.299 e. The SMILES string of the molecule is CCNCC(C)CN1C(=O)C(=O)c2cc(C)ccc21. The van der Waals surface area contributed by atoms with Crippen LogP contribution in [0.4, 0.5) is 5.69 Å². The highest BCUT2D eigenvalue weighted by Gasteiger charge is 2.36. The van der Waals surface area contributed by atoms with Crippen LogP contribution in [0.5, 0.6) is 0 Å². The molecule has 1 aliphatic rings. The molecule has 102 valence electrons. The molecular weight excluding hydrogens is 240 g/mol. The van der Waals surface area contributed by atoms with Gasteiger partial charge in [-0.05, 0) is 38.1 Å². The summed E-state index contributed by atoms with van der Waals surface area (Å²) >= 11 is 0. The van der Waals surface area contributed by atoms with Crippen molar-refractivity contribution in [2.24, 2.45) is 5.92 Å². The van der Waals surface area contributed by atoms with Crippen LogP contribution in [0.25, 0.3) is 0 Å². The Morgan fingerprint density at radius 3 is 2.74 bits per heavy atom. The van der Waals surface area contributed by atoms with Crippen LogP contribution < -0.4 is 10.2 Å². The van der Waals surface area contributed by atoms with Crippen molar-refractivity contribution in [1.29, 1.82) is 0 Å². The maximum absolute atomic E-state index is 12.0. The number of benzene rings is 1. The van der Waals surface area contributed by atoms with Crippen LogP contribution in [-0.4, -0.2) is 31.3 Å². The van der Waals surface area contributed by atoms with E-state index in [9.17, 15) is 9.59 Å². The predicted molar refractivity (Wildman–Crippen MR) is 75.6 cm³/mol. The van der Waals surface area contributed by atoms with Gasteiger partial charge in [-0.2, -0.15) is 0 Å². The molecule has 0 fully saturated rings. The van der Waals surface area contributed by atoms with Crippen LogP contribution in [0, 0.1) is 12.8 Å². The molecule has 0 spiro atoms. The van der Waals surface area contributed by atoms with E-state index < -0.39 is 5.91 Å². The first-order chi connectivity index (χ1) is 9.04. The number of hydrogen-bond donors (Lipinski definition) is 1. The van der Waals surface area contributed by atoms with Gasteiger partial charge in [-0.3, -0.25) is 9.59 Å². The van der Waals surface area contributed by atoms with E-state index in [2.05, 4.69) is 19.2 Å². The Labute approximate surface area is 113 Å². The number of fused-ring (bicyclic) bond motifs is 1. The lowest BCUT2D eigenvalue weighted by molar-refractivity contribution is -0.114. The van der Waals surface area contributed by atoms with Crippen molar-refractivity contribution in [2.75, 3.05) is 24.5 Å². The lowest BCUT2D eigenvalue weighted by atomic mass is 10.1. The van der Waals surface area contributed by atoms with Crippen LogP contribution in [0.3, 0.4) is 0 Å². The van der Waals surface area contributed by atoms with E-state index in [4.69, 9.17) is 0 Å². The normalized spacial score (nSPS) is 15.8. The second-order valence-corrected chi connectivity index (χ2v) is 5.18. The first-order valence-electron chi connectivity index (χ1n) is 6.72. The van der Waals surface area contributed by atoms with Gasteiger partial charge >= 0.3 is 0 Å². The lowest BCUT2D eigenvalue weighted by Crippen LogP contribution is -2.36. The van der Waals surface area contributed by atoms with Gasteiger partial charge in [-0.15, -0.1) is 0 Å². The molecule has 19 heavy (non-hydrogen) atoms. The number of nitrogens with zero attached hydrogens (tertiary/aromatic N) is 1. The summed E-state index contributed by atoms with van der Waals surface area (Å²) in [6.45, 7) is 8.38. The van der Waals surface area contributed by atoms with Gasteiger partial charge in [0.15, 0.2) is 0 Å². The van der Waals surface area contributed by atoms with Crippen molar-refractivity contribution in [1.82, 2.24) is 5.32 Å². The van der Waals surface area contributed by atoms with Crippen molar-refractivity contribution >= 4 is 17.4 Å². The molecule has 2 rings (SSSR count). The summed E-state index contributed by atoms with van der Waals surface area (Å²) in [5.74, 6) is -0.470. The molecule has 1 amide bonds. The zero-order chi connectivity index (χ0) is 14.0. The Morgan fingerprint density at radius 2 is 2.05 bits per heavy atom. The van der Waals surface area contributed by atoms with E-state index >= 15 is 0 Å². The van der Waals surface area contributed by atoms with E-state index in [1.165, 1.54) is 0 Å². The van der Waals surface area contributed by atoms with Gasteiger partial charge in [0.2, 0.25) is 0 Å². The van der Waals surface area contributed by atoms with Gasteiger partial charge < -0.3 is 10.2 Å². The molecule has 1 aliphatic heterocycles. The monoisotopic (exact) mass is 260 g/mol. The number of anilines is 1. The van der Waals surface area contributed by atoms with E-state index in [1.807, 2.05) is 19.1 Å². The molecule has 0 aromatic heterocycles. The average Bonchev–Trinajstić information content (AvgIpc) is 2.61. The summed E-state index contributed by atoms with van der Waals surface area (Å²) in [4.78, 5) is 25.6. The number of carbonyl (C=O) groups is 2. The summed E-state index contributed by atoms with van der Waals surface area (Å²) in [6, 6.07) is 5.60. The molecule has 1 unspecified atom stereocenters. The van der Waals surface area contributed by atoms with Crippen LogP contribution in [-0.2, 0) is 4.79 Å². The van der Waals surface area contributed by atoms with E-state index in [1.54, 1.807) is 11.0 Å². The summed E-state index contributed by atoms with van der Waals surface area (Å²) in [7, 11) is 0. The topological polar surface area (TPSA) is 49.4 Å². The standard InChI is InChI=1S/C15H20N2O2/c1-4-16-8-11(3)9-17-13-6-5-10(2)7-12(13)14(18)15(17)19/h5-7,11,16H,4,8-9H2,1-3H3. The second-order valence-electron chi connectivity index (χ2n) is 5.18. The van der Waals surface area contributed by atoms with Crippen LogP contribution >= 0.6 is 0 Å². The average molecular weight is 260 g/mol. The molecule has 1 aromatic rings. The minimum atomic E-state index is -0.399. The molecule has 1 N–H and O–H groups in total. The maximum atomic E-state index is 12.0. The number of rotatable bonds is 5. The third-order valence-electron chi connectivity index (χ3n) is 3.36. The predicted octanol–water partition coefficient (Wildman–Crippen LogP) is 1.77. The minimum Gasteiger partial charge on any atom is -0.317 e. The van der Waals surface area contributed by atoms with E-state index in [0.717, 1.165) is 24.3 Å². The molecule has 1 heterocycles. The fraction of sp³-hybridized carbons (Fsp3) is 0.467. The molecule has 0 aliphatic carbocycles. The third kappa shape index (κ3) is 2.68. The summed E-state index contributed by atoms with van der Waals surface area (Å²) < 4.78 is 0. The highest BCUT2D eigenvalue weighted by Crippen LogP contribution is 2.30. The first kappa shape index (κ1) is 13.7. The van der Waals surface area contributed by atoms with E-state index in [0.29, 0.717) is 18.0 Å². The Bertz CT molecular complexity index is 511. The van der Waals surface area contributed by atoms with Crippen molar-refractivity contribution in [3.8, 4) is 0 Å². The molecule has 0 bridgehead atoms. The van der Waals surface area contributed by atoms with Gasteiger partial charge in [0, 0.05) is 6.54 Å². The molecule has 1 aromatic carbocycles. The Balaban J connectivity index is 2.19. The Morgan fingerprint density at radius 1 is 1.32 bits per heavy atom. The van der Waals surface area contributed by atoms with Crippen molar-refractivity contribution in [3.63, 3.8) is 0 Å². The third-order valence-corrected chi connectivity index (χ3v) is 3.36. The van der Waals surface area contributed by atoms with Gasteiger partial charge in [0.25, 0.3) is 11.7 Å². The molecule has 1 atom stereocenters. The van der Waals surface area contributed by atoms with Crippen molar-refractivity contribution < 1.29 is 9.59 Å². The highest BCUT2D eigenvalue weighted by molar-refractivity contribution is 6.52. The number of nitrogens with one attached hydrogen (secondary N) is 1. The van der Waals surface area contributed by atoms with Gasteiger partial charge in [0.05, 0.1) is 11.3 Å². The minimum absolute atomic E-state index is 0.309. The lowest BCUT2D eigenvalue weighted by Gasteiger charge is -2.21. The molecule has 0 radical (unpaired) electrons. The molecule has 4 nitrogen and oxygen atoms in total. The Kier molecular flexibility index (Phi) is 4.00. The van der Waals surface area contributed by atoms with Gasteiger partial charge in [0.1, 0.15) is 0 Å². The number of hydrogen-bond acceptors (Lipinski definition) is 3. The smallest absolute Gasteiger partial charge is 0.299 e. The Hall–Kier alpha value is -1.68. The summed E-state index contributed by atoms with van der Waals surface area (Å²) in [6.07, 6.45) is 0. The highest BCUT2D eigenvalue weighted by atomic mass is 16.2. The van der Waals surface area contributed by atoms with E-state index in [-0.39, 0.29) is 5.78 Å². The van der Waals surface area contributed by atoms with Crippen LogP contribution in [0.2, 0.25) is 0 Å². The van der Waals surface area contributed by atoms with Crippen molar-refractivity contribution in [2.45, 2.75) is 20.8 Å². The quantitative estimate of drug-likeness (QED) is 0.821. The van der Waals surface area contributed by atoms with Gasteiger partial charge in [-0.1, -0.05) is 25.5 Å². The fourth-order valence-corrected chi connectivity index (χ4v) is 2.36. The number of ketones is 1. The fourth-order valence-electron chi connectivity index (χ4n) is 2.36. The van der Waals surface area contributed by atoms with Gasteiger partial charge in [-0.25, -0.2) is 0 Å². The molecular formula is C15H20N2O2. The zero-order valence-corrected chi connectivity index (χ0v) is 11.7. The second kappa shape index (κ2) is 5.53. The summed E-state index contributed by atoms with van der Waals surface area (Å²) in [5, 5.41) is 3.26. The van der Waals surface area contributed by atoms with Crippen LogP contribution in [0.15, 0.2) is 18.2 Å². The zero-order valence-electron chi connectivity index (χ0n) is 11.7. The number of amides is 1. The number of aryl methyl sites for hydroxylation is 1. The molecule has 0 saturated heterocycles. The number of carbonyl (C=O) groups excluding carboxylic acids is 2. The molecule has 4 heteroatoms. The summed E-state index contributed by atoms with van der Waals surface area (Å²) in [5.41, 5.74) is 2.30. The largest absolute Gasteiger partial charge is 0.317 e. The van der Waals surface area contributed by atoms with Crippen LogP contribution in [0.1, 0.15) is 29.8 Å². The van der Waals surface area contributed by atoms with Crippen molar-refractivity contribution in [3.05, 3.63) is 29.3 Å². The first-order valence-corrected chi connectivity index (χ1v) is 6.72. The molecule has 0 saturated carbocycles. The number of Topliss-reactive ketones (excluding diaryl/α,β-unsaturated/α-hetero) is 1.